The van der Waals surface area contributed by atoms with Gasteiger partial charge >= 0.3 is 12.1 Å². The van der Waals surface area contributed by atoms with E-state index >= 15 is 0 Å². The molecule has 0 N–H and O–H groups in total. The van der Waals surface area contributed by atoms with Gasteiger partial charge < -0.3 is 9.30 Å². The van der Waals surface area contributed by atoms with E-state index in [1.165, 1.54) is 11.7 Å². The molecule has 100 valence electrons. The predicted octanol–water partition coefficient (Wildman–Crippen LogP) is 1.12. The lowest BCUT2D eigenvalue weighted by molar-refractivity contribution is -0.146. The molecule has 8 heteroatoms. The van der Waals surface area contributed by atoms with Crippen LogP contribution in [0.2, 0.25) is 0 Å². The molecule has 0 fully saturated rings. The monoisotopic (exact) mass is 263 g/mol. The van der Waals surface area contributed by atoms with Gasteiger partial charge in [-0.2, -0.15) is 13.2 Å². The molecule has 0 aromatic carbocycles. The van der Waals surface area contributed by atoms with Crippen LogP contribution >= 0.6 is 0 Å². The van der Waals surface area contributed by atoms with Crippen molar-refractivity contribution in [1.29, 1.82) is 0 Å². The normalized spacial score (nSPS) is 19.4. The molecule has 18 heavy (non-hydrogen) atoms. The van der Waals surface area contributed by atoms with Gasteiger partial charge in [0.25, 0.3) is 0 Å². The Kier molecular flexibility index (Phi) is 3.27. The van der Waals surface area contributed by atoms with Crippen molar-refractivity contribution in [3.63, 3.8) is 0 Å². The van der Waals surface area contributed by atoms with Crippen LogP contribution in [0.15, 0.2) is 0 Å². The van der Waals surface area contributed by atoms with Crippen LogP contribution in [0.5, 0.6) is 0 Å². The van der Waals surface area contributed by atoms with Gasteiger partial charge in [-0.25, -0.2) is 0 Å². The summed E-state index contributed by atoms with van der Waals surface area (Å²) < 4.78 is 42.9. The second-order valence-corrected chi connectivity index (χ2v) is 4.19. The highest BCUT2D eigenvalue weighted by Crippen LogP contribution is 2.25. The Morgan fingerprint density at radius 1 is 1.50 bits per heavy atom. The minimum atomic E-state index is -4.30. The van der Waals surface area contributed by atoms with Crippen molar-refractivity contribution in [1.82, 2.24) is 14.8 Å². The van der Waals surface area contributed by atoms with E-state index in [1.54, 1.807) is 0 Å². The number of alkyl halides is 3. The van der Waals surface area contributed by atoms with Crippen LogP contribution in [0.3, 0.4) is 0 Å². The molecule has 1 atom stereocenters. The van der Waals surface area contributed by atoms with Crippen LogP contribution in [0.25, 0.3) is 0 Å². The van der Waals surface area contributed by atoms with Gasteiger partial charge in [-0.15, -0.1) is 10.2 Å². The first-order valence-electron chi connectivity index (χ1n) is 5.46. The molecule has 0 bridgehead atoms. The number of rotatable bonds is 2. The number of carbonyl (C=O) groups is 1. The van der Waals surface area contributed by atoms with E-state index in [1.807, 2.05) is 0 Å². The zero-order chi connectivity index (χ0) is 13.3. The molecule has 1 aliphatic rings. The molecule has 0 saturated heterocycles. The van der Waals surface area contributed by atoms with Crippen LogP contribution in [0, 0.1) is 5.92 Å². The number of hydrogen-bond donors (Lipinski definition) is 0. The van der Waals surface area contributed by atoms with Gasteiger partial charge in [-0.3, -0.25) is 4.79 Å². The van der Waals surface area contributed by atoms with Gasteiger partial charge in [-0.05, 0) is 6.42 Å². The predicted molar refractivity (Wildman–Crippen MR) is 53.6 cm³/mol. The highest BCUT2D eigenvalue weighted by molar-refractivity contribution is 5.72. The smallest absolute Gasteiger partial charge is 0.396 e. The van der Waals surface area contributed by atoms with E-state index in [9.17, 15) is 18.0 Å². The number of esters is 1. The van der Waals surface area contributed by atoms with Crippen LogP contribution in [-0.4, -0.2) is 34.0 Å². The molecule has 0 spiro atoms. The Hall–Kier alpha value is -1.60. The van der Waals surface area contributed by atoms with Crippen LogP contribution in [-0.2, 0) is 28.9 Å². The molecule has 2 heterocycles. The maximum Gasteiger partial charge on any atom is 0.396 e. The van der Waals surface area contributed by atoms with Crippen LogP contribution in [0.4, 0.5) is 13.2 Å². The minimum absolute atomic E-state index is 0.0965. The number of carbonyl (C=O) groups excluding carboxylic acids is 1. The molecule has 0 radical (unpaired) electrons. The molecule has 5 nitrogen and oxygen atoms in total. The summed E-state index contributed by atoms with van der Waals surface area (Å²) in [5.74, 6) is -0.385. The van der Waals surface area contributed by atoms with Gasteiger partial charge in [0.1, 0.15) is 18.1 Å². The van der Waals surface area contributed by atoms with E-state index in [0.29, 0.717) is 18.8 Å². The zero-order valence-corrected chi connectivity index (χ0v) is 9.70. The molecule has 2 rings (SSSR count). The highest BCUT2D eigenvalue weighted by atomic mass is 19.4. The standard InChI is InChI=1S/C10H12F3N3O2/c1-18-9(17)6-2-3-16-7(4-6)14-15-8(16)5-10(11,12)13/h6H,2-5H2,1H3/t6-/m0/s1. The van der Waals surface area contributed by atoms with Gasteiger partial charge in [-0.1, -0.05) is 0 Å². The highest BCUT2D eigenvalue weighted by Gasteiger charge is 2.34. The third-order valence-corrected chi connectivity index (χ3v) is 2.93. The molecule has 0 unspecified atom stereocenters. The molecule has 0 saturated carbocycles. The van der Waals surface area contributed by atoms with Crippen molar-refractivity contribution in [3.8, 4) is 0 Å². The first-order valence-corrected chi connectivity index (χ1v) is 5.46. The molecule has 1 aliphatic heterocycles. The number of nitrogens with zero attached hydrogens (tertiary/aromatic N) is 3. The average molecular weight is 263 g/mol. The second-order valence-electron chi connectivity index (χ2n) is 4.19. The third kappa shape index (κ3) is 2.62. The summed E-state index contributed by atoms with van der Waals surface area (Å²) in [7, 11) is 1.29. The quantitative estimate of drug-likeness (QED) is 0.750. The first-order chi connectivity index (χ1) is 8.40. The van der Waals surface area contributed by atoms with E-state index in [-0.39, 0.29) is 24.1 Å². The lowest BCUT2D eigenvalue weighted by Crippen LogP contribution is -2.28. The average Bonchev–Trinajstić information content (AvgIpc) is 2.68. The summed E-state index contributed by atoms with van der Waals surface area (Å²) in [5.41, 5.74) is 0. The Morgan fingerprint density at radius 3 is 2.83 bits per heavy atom. The van der Waals surface area contributed by atoms with Crippen LogP contribution in [0.1, 0.15) is 18.1 Å². The van der Waals surface area contributed by atoms with Crippen molar-refractivity contribution in [2.45, 2.75) is 32.0 Å². The molecule has 1 aromatic heterocycles. The van der Waals surface area contributed by atoms with Gasteiger partial charge in [0.2, 0.25) is 0 Å². The Bertz CT molecular complexity index is 456. The van der Waals surface area contributed by atoms with E-state index < -0.39 is 12.6 Å². The molecule has 0 amide bonds. The Morgan fingerprint density at radius 2 is 2.22 bits per heavy atom. The lowest BCUT2D eigenvalue weighted by atomic mass is 9.98. The largest absolute Gasteiger partial charge is 0.469 e. The molecular weight excluding hydrogens is 251 g/mol. The second kappa shape index (κ2) is 4.58. The summed E-state index contributed by atoms with van der Waals surface area (Å²) in [5, 5.41) is 7.26. The van der Waals surface area contributed by atoms with E-state index in [4.69, 9.17) is 0 Å². The van der Waals surface area contributed by atoms with Gasteiger partial charge in [0.15, 0.2) is 0 Å². The fourth-order valence-electron chi connectivity index (χ4n) is 2.07. The first kappa shape index (κ1) is 12.8. The van der Waals surface area contributed by atoms with Crippen molar-refractivity contribution >= 4 is 5.97 Å². The summed E-state index contributed by atoms with van der Waals surface area (Å²) in [6.45, 7) is 0.313. The number of ether oxygens (including phenoxy) is 1. The molecule has 0 aliphatic carbocycles. The van der Waals surface area contributed by atoms with E-state index in [2.05, 4.69) is 14.9 Å². The minimum Gasteiger partial charge on any atom is -0.469 e. The summed E-state index contributed by atoms with van der Waals surface area (Å²) in [4.78, 5) is 11.4. The lowest BCUT2D eigenvalue weighted by Gasteiger charge is -2.21. The maximum atomic E-state index is 12.3. The van der Waals surface area contributed by atoms with Crippen molar-refractivity contribution < 1.29 is 22.7 Å². The SMILES string of the molecule is COC(=O)[C@H]1CCn2c(nnc2CC(F)(F)F)C1. The number of hydrogen-bond acceptors (Lipinski definition) is 4. The van der Waals surface area contributed by atoms with Crippen LogP contribution < -0.4 is 0 Å². The van der Waals surface area contributed by atoms with Gasteiger partial charge in [0, 0.05) is 13.0 Å². The zero-order valence-electron chi connectivity index (χ0n) is 9.70. The Labute approximate surface area is 101 Å². The van der Waals surface area contributed by atoms with E-state index in [0.717, 1.165) is 0 Å². The number of halogens is 3. The summed E-state index contributed by atoms with van der Waals surface area (Å²) >= 11 is 0. The fraction of sp³-hybridized carbons (Fsp3) is 0.700. The summed E-state index contributed by atoms with van der Waals surface area (Å²) in [6.07, 6.45) is -4.67. The molecule has 1 aromatic rings. The van der Waals surface area contributed by atoms with Crippen molar-refractivity contribution in [2.75, 3.05) is 7.11 Å². The van der Waals surface area contributed by atoms with Gasteiger partial charge in [0.05, 0.1) is 13.0 Å². The number of methoxy groups -OCH3 is 1. The topological polar surface area (TPSA) is 57.0 Å². The fourth-order valence-corrected chi connectivity index (χ4v) is 2.07. The van der Waals surface area contributed by atoms with Crippen molar-refractivity contribution in [3.05, 3.63) is 11.6 Å². The molecular formula is C10H12F3N3O2. The maximum absolute atomic E-state index is 12.3. The number of aromatic nitrogens is 3. The van der Waals surface area contributed by atoms with Crippen molar-refractivity contribution in [2.24, 2.45) is 5.92 Å². The summed E-state index contributed by atoms with van der Waals surface area (Å²) in [6, 6.07) is 0. The number of fused-ring (bicyclic) bond motifs is 1. The Balaban J connectivity index is 2.14. The third-order valence-electron chi connectivity index (χ3n) is 2.93.